The highest BCUT2D eigenvalue weighted by molar-refractivity contribution is 6.02. The van der Waals surface area contributed by atoms with E-state index in [1.54, 1.807) is 18.2 Å². The SMILES string of the molecule is CCc1c(F)ccc2cc(O)cc(-c3ccc4c(N5C[C@@H]6CC[C@H]5CN6)nc(OCC56CCCN5C[C@H](F)C6)nc4c3)c12. The third kappa shape index (κ3) is 4.51. The van der Waals surface area contributed by atoms with Crippen molar-refractivity contribution in [1.29, 1.82) is 0 Å². The number of ether oxygens (including phenoxy) is 1. The Balaban J connectivity index is 1.25. The van der Waals surface area contributed by atoms with E-state index in [1.807, 2.05) is 25.1 Å². The highest BCUT2D eigenvalue weighted by Crippen LogP contribution is 2.42. The maximum absolute atomic E-state index is 14.9. The van der Waals surface area contributed by atoms with Gasteiger partial charge in [0.25, 0.3) is 0 Å². The van der Waals surface area contributed by atoms with Gasteiger partial charge in [-0.15, -0.1) is 0 Å². The summed E-state index contributed by atoms with van der Waals surface area (Å²) in [5.41, 5.74) is 2.66. The first-order valence-electron chi connectivity index (χ1n) is 15.7. The van der Waals surface area contributed by atoms with Crippen LogP contribution in [0, 0.1) is 5.82 Å². The van der Waals surface area contributed by atoms with Crippen LogP contribution in [0.5, 0.6) is 11.8 Å². The predicted octanol–water partition coefficient (Wildman–Crippen LogP) is 5.75. The second-order valence-corrected chi connectivity index (χ2v) is 12.9. The number of phenols is 1. The fourth-order valence-electron chi connectivity index (χ4n) is 8.23. The van der Waals surface area contributed by atoms with Crippen molar-refractivity contribution < 1.29 is 18.6 Å². The molecule has 5 aliphatic heterocycles. The highest BCUT2D eigenvalue weighted by atomic mass is 19.1. The van der Waals surface area contributed by atoms with Gasteiger partial charge in [-0.3, -0.25) is 4.90 Å². The third-order valence-electron chi connectivity index (χ3n) is 10.3. The van der Waals surface area contributed by atoms with Gasteiger partial charge in [0.2, 0.25) is 0 Å². The summed E-state index contributed by atoms with van der Waals surface area (Å²) in [6, 6.07) is 13.7. The van der Waals surface area contributed by atoms with E-state index < -0.39 is 6.17 Å². The molecule has 0 aliphatic carbocycles. The van der Waals surface area contributed by atoms with Crippen molar-refractivity contribution in [2.75, 3.05) is 37.7 Å². The van der Waals surface area contributed by atoms with Gasteiger partial charge in [0, 0.05) is 43.5 Å². The Morgan fingerprint density at radius 3 is 2.81 bits per heavy atom. The Hall–Kier alpha value is -3.56. The standard InChI is InChI=1S/C34H37F2N5O2/c1-2-26-29(36)9-5-21-12-25(42)14-28(31(21)26)20-4-8-27-30(13-20)38-33(39-32(27)41-18-23-6-7-24(41)16-37-23)43-19-34-10-3-11-40(34)17-22(35)15-34/h4-5,8-9,12-14,22-24,37,42H,2-3,6-7,10-11,15-19H2,1H3/t22-,23+,24+,34?/m1/s1. The smallest absolute Gasteiger partial charge is 0.319 e. The van der Waals surface area contributed by atoms with E-state index in [-0.39, 0.29) is 17.1 Å². The summed E-state index contributed by atoms with van der Waals surface area (Å²) < 4.78 is 35.8. The Labute approximate surface area is 249 Å². The molecule has 7 nitrogen and oxygen atoms in total. The maximum Gasteiger partial charge on any atom is 0.319 e. The summed E-state index contributed by atoms with van der Waals surface area (Å²) in [5, 5.41) is 16.8. The molecule has 1 aromatic heterocycles. The minimum atomic E-state index is -0.828. The van der Waals surface area contributed by atoms with Crippen LogP contribution in [-0.2, 0) is 6.42 Å². The summed E-state index contributed by atoms with van der Waals surface area (Å²) in [4.78, 5) is 14.5. The zero-order valence-corrected chi connectivity index (χ0v) is 24.5. The molecule has 9 rings (SSSR count). The topological polar surface area (TPSA) is 73.8 Å². The number of nitrogens with zero attached hydrogens (tertiary/aromatic N) is 4. The van der Waals surface area contributed by atoms with Crippen molar-refractivity contribution in [2.24, 2.45) is 0 Å². The van der Waals surface area contributed by atoms with E-state index in [0.29, 0.717) is 49.7 Å². The quantitative estimate of drug-likeness (QED) is 0.298. The molecular weight excluding hydrogens is 548 g/mol. The molecule has 5 saturated heterocycles. The van der Waals surface area contributed by atoms with Gasteiger partial charge in [0.1, 0.15) is 30.2 Å². The van der Waals surface area contributed by atoms with Gasteiger partial charge in [-0.05, 0) is 96.4 Å². The number of anilines is 1. The van der Waals surface area contributed by atoms with E-state index in [0.717, 1.165) is 83.9 Å². The van der Waals surface area contributed by atoms with Crippen LogP contribution in [0.2, 0.25) is 0 Å². The van der Waals surface area contributed by atoms with Gasteiger partial charge in [-0.2, -0.15) is 9.97 Å². The lowest BCUT2D eigenvalue weighted by Gasteiger charge is -2.46. The molecule has 4 aromatic rings. The van der Waals surface area contributed by atoms with E-state index >= 15 is 0 Å². The molecule has 0 radical (unpaired) electrons. The third-order valence-corrected chi connectivity index (χ3v) is 10.3. The van der Waals surface area contributed by atoms with Crippen molar-refractivity contribution in [3.63, 3.8) is 0 Å². The molecule has 1 unspecified atom stereocenters. The predicted molar refractivity (Wildman–Crippen MR) is 164 cm³/mol. The minimum absolute atomic E-state index is 0.128. The van der Waals surface area contributed by atoms with Gasteiger partial charge < -0.3 is 20.1 Å². The molecule has 5 aliphatic rings. The number of piperidine rings is 2. The highest BCUT2D eigenvalue weighted by Gasteiger charge is 2.49. The zero-order valence-electron chi connectivity index (χ0n) is 24.5. The van der Waals surface area contributed by atoms with Gasteiger partial charge in [0.05, 0.1) is 11.1 Å². The number of halogens is 2. The molecule has 2 bridgehead atoms. The molecule has 5 fully saturated rings. The Morgan fingerprint density at radius 2 is 2.02 bits per heavy atom. The van der Waals surface area contributed by atoms with Gasteiger partial charge in [0.15, 0.2) is 0 Å². The van der Waals surface area contributed by atoms with Crippen LogP contribution in [-0.4, -0.2) is 76.6 Å². The number of hydrogen-bond donors (Lipinski definition) is 2. The van der Waals surface area contributed by atoms with Crippen molar-refractivity contribution in [3.05, 3.63) is 53.8 Å². The maximum atomic E-state index is 14.9. The van der Waals surface area contributed by atoms with E-state index in [1.165, 1.54) is 6.07 Å². The number of rotatable bonds is 6. The number of alkyl halides is 1. The van der Waals surface area contributed by atoms with E-state index in [2.05, 4.69) is 15.1 Å². The molecule has 0 saturated carbocycles. The first-order valence-corrected chi connectivity index (χ1v) is 15.7. The molecule has 43 heavy (non-hydrogen) atoms. The van der Waals surface area contributed by atoms with Crippen LogP contribution < -0.4 is 15.0 Å². The molecule has 2 N–H and O–H groups in total. The number of aromatic hydroxyl groups is 1. The van der Waals surface area contributed by atoms with Crippen LogP contribution in [0.4, 0.5) is 14.6 Å². The lowest BCUT2D eigenvalue weighted by atomic mass is 9.91. The molecular formula is C34H37F2N5O2. The van der Waals surface area contributed by atoms with Crippen LogP contribution >= 0.6 is 0 Å². The molecule has 0 amide bonds. The average molecular weight is 586 g/mol. The number of hydrogen-bond acceptors (Lipinski definition) is 7. The van der Waals surface area contributed by atoms with Gasteiger partial charge in [-0.1, -0.05) is 19.1 Å². The molecule has 9 heteroatoms. The van der Waals surface area contributed by atoms with Gasteiger partial charge >= 0.3 is 6.01 Å². The summed E-state index contributed by atoms with van der Waals surface area (Å²) in [7, 11) is 0. The van der Waals surface area contributed by atoms with Crippen molar-refractivity contribution in [2.45, 2.75) is 69.2 Å². The number of nitrogens with one attached hydrogen (secondary N) is 1. The number of piperazine rings is 1. The summed E-state index contributed by atoms with van der Waals surface area (Å²) in [6.45, 7) is 5.47. The zero-order chi connectivity index (χ0) is 29.3. The second kappa shape index (κ2) is 10.3. The van der Waals surface area contributed by atoms with Crippen LogP contribution in [0.3, 0.4) is 0 Å². The fourth-order valence-corrected chi connectivity index (χ4v) is 8.23. The number of benzene rings is 3. The van der Waals surface area contributed by atoms with E-state index in [4.69, 9.17) is 14.7 Å². The number of aryl methyl sites for hydroxylation is 1. The Bertz CT molecular complexity index is 1720. The molecule has 6 heterocycles. The average Bonchev–Trinajstić information content (AvgIpc) is 3.55. The normalized spacial score (nSPS) is 27.0. The summed E-state index contributed by atoms with van der Waals surface area (Å²) >= 11 is 0. The van der Waals surface area contributed by atoms with E-state index in [9.17, 15) is 13.9 Å². The fraction of sp³-hybridized carbons (Fsp3) is 0.471. The number of fused-ring (bicyclic) bond motifs is 6. The monoisotopic (exact) mass is 585 g/mol. The second-order valence-electron chi connectivity index (χ2n) is 12.9. The van der Waals surface area contributed by atoms with Crippen LogP contribution in [0.1, 0.15) is 44.6 Å². The van der Waals surface area contributed by atoms with Gasteiger partial charge in [-0.25, -0.2) is 8.78 Å². The molecule has 224 valence electrons. The summed E-state index contributed by atoms with van der Waals surface area (Å²) in [6.07, 6.45) is 4.41. The summed E-state index contributed by atoms with van der Waals surface area (Å²) in [5.74, 6) is 0.738. The first kappa shape index (κ1) is 27.0. The molecule has 4 atom stereocenters. The Morgan fingerprint density at radius 1 is 1.12 bits per heavy atom. The first-order chi connectivity index (χ1) is 20.9. The lowest BCUT2D eigenvalue weighted by molar-refractivity contribution is 0.107. The van der Waals surface area contributed by atoms with Crippen molar-refractivity contribution in [3.8, 4) is 22.9 Å². The minimum Gasteiger partial charge on any atom is -0.508 e. The number of phenolic OH excluding ortho intramolecular Hbond substituents is 1. The van der Waals surface area contributed by atoms with Crippen LogP contribution in [0.25, 0.3) is 32.8 Å². The molecule has 3 aromatic carbocycles. The van der Waals surface area contributed by atoms with Crippen molar-refractivity contribution in [1.82, 2.24) is 20.2 Å². The largest absolute Gasteiger partial charge is 0.508 e. The number of aromatic nitrogens is 2. The lowest BCUT2D eigenvalue weighted by Crippen LogP contribution is -2.61. The van der Waals surface area contributed by atoms with Crippen molar-refractivity contribution >= 4 is 27.5 Å². The van der Waals surface area contributed by atoms with Crippen LogP contribution in [0.15, 0.2) is 42.5 Å². The Kier molecular flexibility index (Phi) is 6.45. The molecule has 0 spiro atoms.